The minimum absolute atomic E-state index is 0.0809. The number of esters is 2. The van der Waals surface area contributed by atoms with Crippen LogP contribution in [0.3, 0.4) is 0 Å². The number of hydrogen-bond donors (Lipinski definition) is 0. The highest BCUT2D eigenvalue weighted by atomic mass is 16.6. The Morgan fingerprint density at radius 1 is 0.548 bits per heavy atom. The average Bonchev–Trinajstić information content (AvgIpc) is 3.14. The highest BCUT2D eigenvalue weighted by Gasteiger charge is 2.28. The second kappa shape index (κ2) is 13.6. The molecule has 7 nitrogen and oxygen atoms in total. The lowest BCUT2D eigenvalue weighted by atomic mass is 9.95. The Hall–Kier alpha value is -1.76. The third-order valence-corrected chi connectivity index (χ3v) is 6.70. The molecule has 2 rings (SSSR count). The van der Waals surface area contributed by atoms with Gasteiger partial charge in [-0.25, -0.2) is 0 Å². The van der Waals surface area contributed by atoms with Crippen LogP contribution in [0.15, 0.2) is 0 Å². The number of hydrogen-bond acceptors (Lipinski definition) is 7. The van der Waals surface area contributed by atoms with E-state index in [1.54, 1.807) is 13.8 Å². The van der Waals surface area contributed by atoms with Gasteiger partial charge in [-0.2, -0.15) is 0 Å². The van der Waals surface area contributed by atoms with Crippen molar-refractivity contribution in [3.8, 4) is 0 Å². The van der Waals surface area contributed by atoms with Crippen molar-refractivity contribution >= 4 is 23.5 Å². The van der Waals surface area contributed by atoms with Crippen LogP contribution in [0.1, 0.15) is 78.1 Å². The Morgan fingerprint density at radius 2 is 0.903 bits per heavy atom. The Morgan fingerprint density at radius 3 is 1.29 bits per heavy atom. The van der Waals surface area contributed by atoms with E-state index < -0.39 is 0 Å². The van der Waals surface area contributed by atoms with Crippen LogP contribution in [-0.4, -0.2) is 49.9 Å². The molecule has 0 bridgehead atoms. The van der Waals surface area contributed by atoms with Crippen molar-refractivity contribution in [3.63, 3.8) is 0 Å². The lowest BCUT2D eigenvalue weighted by Crippen LogP contribution is -2.22. The van der Waals surface area contributed by atoms with Crippen molar-refractivity contribution in [2.45, 2.75) is 78.1 Å². The summed E-state index contributed by atoms with van der Waals surface area (Å²) in [6.45, 7) is 4.12. The molecule has 2 aliphatic rings. The second-order valence-corrected chi connectivity index (χ2v) is 8.97. The molecule has 2 saturated carbocycles. The summed E-state index contributed by atoms with van der Waals surface area (Å²) >= 11 is 0. The van der Waals surface area contributed by atoms with E-state index in [9.17, 15) is 19.2 Å². The van der Waals surface area contributed by atoms with Gasteiger partial charge in [0.25, 0.3) is 0 Å². The molecule has 176 valence electrons. The van der Waals surface area contributed by atoms with Crippen molar-refractivity contribution in [1.82, 2.24) is 0 Å². The fraction of sp³-hybridized carbons (Fsp3) is 0.833. The van der Waals surface area contributed by atoms with E-state index in [1.807, 2.05) is 0 Å². The molecule has 0 aromatic rings. The van der Waals surface area contributed by atoms with Crippen LogP contribution in [0.25, 0.3) is 0 Å². The summed E-state index contributed by atoms with van der Waals surface area (Å²) < 4.78 is 16.0. The van der Waals surface area contributed by atoms with Gasteiger partial charge in [-0.15, -0.1) is 0 Å². The van der Waals surface area contributed by atoms with Crippen molar-refractivity contribution in [2.75, 3.05) is 26.4 Å². The van der Waals surface area contributed by atoms with Gasteiger partial charge < -0.3 is 14.2 Å². The maximum absolute atomic E-state index is 12.2. The van der Waals surface area contributed by atoms with Crippen molar-refractivity contribution in [1.29, 1.82) is 0 Å². The number of rotatable bonds is 10. The molecule has 0 radical (unpaired) electrons. The molecule has 0 N–H and O–H groups in total. The first-order valence-corrected chi connectivity index (χ1v) is 11.8. The van der Waals surface area contributed by atoms with Crippen LogP contribution >= 0.6 is 0 Å². The largest absolute Gasteiger partial charge is 0.463 e. The van der Waals surface area contributed by atoms with Gasteiger partial charge in [0.05, 0.1) is 25.0 Å². The topological polar surface area (TPSA) is 96.0 Å². The van der Waals surface area contributed by atoms with Crippen molar-refractivity contribution in [3.05, 3.63) is 0 Å². The molecule has 2 fully saturated rings. The lowest BCUT2D eigenvalue weighted by Gasteiger charge is -2.15. The van der Waals surface area contributed by atoms with Crippen molar-refractivity contribution in [2.24, 2.45) is 23.7 Å². The van der Waals surface area contributed by atoms with Crippen LogP contribution in [0.4, 0.5) is 0 Å². The lowest BCUT2D eigenvalue weighted by molar-refractivity contribution is -0.152. The summed E-state index contributed by atoms with van der Waals surface area (Å²) in [5.41, 5.74) is 0. The number of ether oxygens (including phenoxy) is 3. The molecule has 31 heavy (non-hydrogen) atoms. The van der Waals surface area contributed by atoms with E-state index in [0.717, 1.165) is 51.4 Å². The minimum atomic E-state index is -0.212. The normalized spacial score (nSPS) is 26.9. The van der Waals surface area contributed by atoms with E-state index in [2.05, 4.69) is 0 Å². The molecule has 0 heterocycles. The number of carbonyl (C=O) groups excluding carboxylic acids is 4. The number of Topliss-reactive ketones (excluding diaryl/α,β-unsaturated/α-hetero) is 2. The predicted molar refractivity (Wildman–Crippen MR) is 114 cm³/mol. The number of ketones is 2. The second-order valence-electron chi connectivity index (χ2n) is 8.97. The van der Waals surface area contributed by atoms with E-state index in [0.29, 0.717) is 12.8 Å². The third kappa shape index (κ3) is 9.09. The van der Waals surface area contributed by atoms with Gasteiger partial charge in [-0.3, -0.25) is 19.2 Å². The van der Waals surface area contributed by atoms with Crippen LogP contribution in [0.2, 0.25) is 0 Å². The Bertz CT molecular complexity index is 563. The predicted octanol–water partition coefficient (Wildman–Crippen LogP) is 3.66. The van der Waals surface area contributed by atoms with Gasteiger partial charge in [0.15, 0.2) is 0 Å². The van der Waals surface area contributed by atoms with E-state index in [-0.39, 0.29) is 73.6 Å². The minimum Gasteiger partial charge on any atom is -0.463 e. The zero-order valence-electron chi connectivity index (χ0n) is 19.1. The molecule has 0 aliphatic heterocycles. The Labute approximate surface area is 185 Å². The quantitative estimate of drug-likeness (QED) is 0.292. The molecule has 0 aromatic carbocycles. The summed E-state index contributed by atoms with van der Waals surface area (Å²) in [6.07, 6.45) is 7.94. The van der Waals surface area contributed by atoms with E-state index in [4.69, 9.17) is 14.2 Å². The van der Waals surface area contributed by atoms with Crippen LogP contribution in [-0.2, 0) is 33.4 Å². The zero-order chi connectivity index (χ0) is 22.6. The summed E-state index contributed by atoms with van der Waals surface area (Å²) in [4.78, 5) is 47.5. The first-order valence-electron chi connectivity index (χ1n) is 11.8. The molecule has 2 aliphatic carbocycles. The van der Waals surface area contributed by atoms with E-state index in [1.165, 1.54) is 0 Å². The molecular formula is C24H38O7. The monoisotopic (exact) mass is 438 g/mol. The molecule has 0 spiro atoms. The summed E-state index contributed by atoms with van der Waals surface area (Å²) in [5.74, 6) is -0.104. The number of carbonyl (C=O) groups is 4. The van der Waals surface area contributed by atoms with Crippen LogP contribution in [0, 0.1) is 23.7 Å². The van der Waals surface area contributed by atoms with Crippen LogP contribution in [0.5, 0.6) is 0 Å². The van der Waals surface area contributed by atoms with E-state index >= 15 is 0 Å². The van der Waals surface area contributed by atoms with Crippen LogP contribution < -0.4 is 0 Å². The molecule has 0 unspecified atom stereocenters. The van der Waals surface area contributed by atoms with Gasteiger partial charge >= 0.3 is 11.9 Å². The smallest absolute Gasteiger partial charge is 0.309 e. The average molecular weight is 439 g/mol. The zero-order valence-corrected chi connectivity index (χ0v) is 19.1. The van der Waals surface area contributed by atoms with Gasteiger partial charge in [-0.05, 0) is 65.2 Å². The molecule has 0 saturated heterocycles. The van der Waals surface area contributed by atoms with Crippen molar-refractivity contribution < 1.29 is 33.4 Å². The SMILES string of the molecule is CC(=O)[C@@H]1CCC[C@H](C(=O)OCCOCCOC(=O)[C@@H]2CCC[C@H](C(C)=O)CC2)CC1. The fourth-order valence-corrected chi connectivity index (χ4v) is 4.63. The van der Waals surface area contributed by atoms with Gasteiger partial charge in [-0.1, -0.05) is 12.8 Å². The van der Waals surface area contributed by atoms with Gasteiger partial charge in [0.1, 0.15) is 24.8 Å². The first kappa shape index (κ1) is 25.5. The molecule has 4 atom stereocenters. The molecular weight excluding hydrogens is 400 g/mol. The standard InChI is InChI=1S/C24H38O7/c1-17(25)19-5-3-7-21(11-9-19)23(27)30-15-13-29-14-16-31-24(28)22-8-4-6-20(10-12-22)18(2)26/h19-22H,3-16H2,1-2H3/t19-,20+,21+,22-. The fourth-order valence-electron chi connectivity index (χ4n) is 4.63. The highest BCUT2D eigenvalue weighted by molar-refractivity contribution is 5.79. The third-order valence-electron chi connectivity index (χ3n) is 6.70. The Balaban J connectivity index is 1.52. The molecule has 7 heteroatoms. The summed E-state index contributed by atoms with van der Waals surface area (Å²) in [6, 6.07) is 0. The Kier molecular flexibility index (Phi) is 11.2. The van der Waals surface area contributed by atoms with Gasteiger partial charge in [0, 0.05) is 11.8 Å². The summed E-state index contributed by atoms with van der Waals surface area (Å²) in [7, 11) is 0. The molecule has 0 aromatic heterocycles. The maximum Gasteiger partial charge on any atom is 0.309 e. The molecule has 0 amide bonds. The first-order chi connectivity index (χ1) is 14.9. The summed E-state index contributed by atoms with van der Waals surface area (Å²) in [5, 5.41) is 0. The van der Waals surface area contributed by atoms with Gasteiger partial charge in [0.2, 0.25) is 0 Å². The maximum atomic E-state index is 12.2. The highest BCUT2D eigenvalue weighted by Crippen LogP contribution is 2.29.